The van der Waals surface area contributed by atoms with Gasteiger partial charge < -0.3 is 20.1 Å². The summed E-state index contributed by atoms with van der Waals surface area (Å²) >= 11 is 0. The van der Waals surface area contributed by atoms with Crippen LogP contribution in [0.25, 0.3) is 0 Å². The van der Waals surface area contributed by atoms with Crippen molar-refractivity contribution < 1.29 is 14.3 Å². The van der Waals surface area contributed by atoms with Gasteiger partial charge in [-0.25, -0.2) is 9.97 Å². The van der Waals surface area contributed by atoms with Crippen molar-refractivity contribution in [3.8, 4) is 0 Å². The quantitative estimate of drug-likeness (QED) is 0.762. The average Bonchev–Trinajstić information content (AvgIpc) is 2.46. The van der Waals surface area contributed by atoms with E-state index in [1.54, 1.807) is 7.05 Å². The molecule has 1 unspecified atom stereocenters. The fraction of sp³-hybridized carbons (Fsp3) is 0.545. The highest BCUT2D eigenvalue weighted by Crippen LogP contribution is 2.01. The molecule has 2 rings (SSSR count). The number of rotatable bonds is 4. The van der Waals surface area contributed by atoms with Gasteiger partial charge in [-0.2, -0.15) is 0 Å². The van der Waals surface area contributed by atoms with E-state index in [2.05, 4.69) is 20.6 Å². The molecule has 1 aromatic heterocycles. The Bertz CT molecular complexity index is 390. The van der Waals surface area contributed by atoms with Gasteiger partial charge in [0.1, 0.15) is 11.5 Å². The zero-order valence-electron chi connectivity index (χ0n) is 10.2. The minimum absolute atomic E-state index is 0.0905. The lowest BCUT2D eigenvalue weighted by Crippen LogP contribution is -2.39. The maximum atomic E-state index is 11.8. The summed E-state index contributed by atoms with van der Waals surface area (Å²) in [6.45, 7) is 2.09. The van der Waals surface area contributed by atoms with Gasteiger partial charge in [0.15, 0.2) is 0 Å². The summed E-state index contributed by atoms with van der Waals surface area (Å²) in [7, 11) is 1.74. The number of anilines is 1. The van der Waals surface area contributed by atoms with Crippen LogP contribution in [-0.4, -0.2) is 55.4 Å². The van der Waals surface area contributed by atoms with Crippen LogP contribution in [0, 0.1) is 0 Å². The molecule has 7 nitrogen and oxygen atoms in total. The number of ether oxygens (including phenoxy) is 2. The third kappa shape index (κ3) is 3.38. The molecule has 18 heavy (non-hydrogen) atoms. The van der Waals surface area contributed by atoms with Gasteiger partial charge in [0, 0.05) is 13.6 Å². The number of aromatic nitrogens is 2. The Hall–Kier alpha value is -1.73. The van der Waals surface area contributed by atoms with E-state index in [0.29, 0.717) is 32.2 Å². The maximum absolute atomic E-state index is 11.8. The van der Waals surface area contributed by atoms with Gasteiger partial charge in [-0.1, -0.05) is 0 Å². The van der Waals surface area contributed by atoms with E-state index >= 15 is 0 Å². The van der Waals surface area contributed by atoms with Gasteiger partial charge in [-0.3, -0.25) is 4.79 Å². The van der Waals surface area contributed by atoms with Gasteiger partial charge >= 0.3 is 0 Å². The highest BCUT2D eigenvalue weighted by atomic mass is 16.6. The standard InChI is InChI=1S/C11H16N4O3/c1-12-10-6-13-9(5-14-10)11(16)15-4-8-7-17-2-3-18-8/h5-6,8H,2-4,7H2,1H3,(H,12,14)(H,15,16). The Kier molecular flexibility index (Phi) is 4.43. The summed E-state index contributed by atoms with van der Waals surface area (Å²) in [5.41, 5.74) is 0.283. The Morgan fingerprint density at radius 2 is 2.33 bits per heavy atom. The van der Waals surface area contributed by atoms with E-state index in [-0.39, 0.29) is 17.7 Å². The van der Waals surface area contributed by atoms with Crippen LogP contribution in [0.4, 0.5) is 5.82 Å². The van der Waals surface area contributed by atoms with Crippen LogP contribution in [0.3, 0.4) is 0 Å². The molecule has 0 saturated carbocycles. The highest BCUT2D eigenvalue weighted by Gasteiger charge is 2.16. The number of carbonyl (C=O) groups is 1. The summed E-state index contributed by atoms with van der Waals surface area (Å²) < 4.78 is 10.7. The molecule has 2 heterocycles. The molecule has 0 radical (unpaired) electrons. The second kappa shape index (κ2) is 6.27. The van der Waals surface area contributed by atoms with Crippen molar-refractivity contribution in [3.63, 3.8) is 0 Å². The van der Waals surface area contributed by atoms with Crippen molar-refractivity contribution in [2.75, 3.05) is 38.7 Å². The molecule has 1 saturated heterocycles. The normalized spacial score (nSPS) is 19.3. The number of nitrogens with one attached hydrogen (secondary N) is 2. The number of hydrogen-bond donors (Lipinski definition) is 2. The lowest BCUT2D eigenvalue weighted by molar-refractivity contribution is -0.0855. The average molecular weight is 252 g/mol. The monoisotopic (exact) mass is 252 g/mol. The fourth-order valence-electron chi connectivity index (χ4n) is 1.53. The Labute approximate surface area is 105 Å². The Morgan fingerprint density at radius 3 is 2.94 bits per heavy atom. The summed E-state index contributed by atoms with van der Waals surface area (Å²) in [5.74, 6) is 0.356. The zero-order chi connectivity index (χ0) is 12.8. The first-order valence-corrected chi connectivity index (χ1v) is 5.77. The summed E-state index contributed by atoms with van der Waals surface area (Å²) in [6, 6.07) is 0. The predicted octanol–water partition coefficient (Wildman–Crippen LogP) is -0.336. The van der Waals surface area contributed by atoms with E-state index in [4.69, 9.17) is 9.47 Å². The van der Waals surface area contributed by atoms with Crippen molar-refractivity contribution in [2.45, 2.75) is 6.10 Å². The lowest BCUT2D eigenvalue weighted by Gasteiger charge is -2.22. The van der Waals surface area contributed by atoms with Gasteiger partial charge in [0.25, 0.3) is 5.91 Å². The second-order valence-corrected chi connectivity index (χ2v) is 3.81. The third-order valence-corrected chi connectivity index (χ3v) is 2.52. The SMILES string of the molecule is CNc1cnc(C(=O)NCC2COCCO2)cn1. The number of nitrogens with zero attached hydrogens (tertiary/aromatic N) is 2. The molecule has 98 valence electrons. The molecule has 0 bridgehead atoms. The number of amides is 1. The highest BCUT2D eigenvalue weighted by molar-refractivity contribution is 5.92. The molecule has 1 aliphatic heterocycles. The molecule has 7 heteroatoms. The van der Waals surface area contributed by atoms with Crippen LogP contribution >= 0.6 is 0 Å². The van der Waals surface area contributed by atoms with E-state index in [1.807, 2.05) is 0 Å². The zero-order valence-corrected chi connectivity index (χ0v) is 10.2. The summed E-state index contributed by atoms with van der Waals surface area (Å²) in [6.07, 6.45) is 2.85. The number of hydrogen-bond acceptors (Lipinski definition) is 6. The first-order chi connectivity index (χ1) is 8.79. The van der Waals surface area contributed by atoms with E-state index in [0.717, 1.165) is 0 Å². The molecule has 2 N–H and O–H groups in total. The molecule has 1 aliphatic rings. The van der Waals surface area contributed by atoms with Crippen LogP contribution in [0.2, 0.25) is 0 Å². The van der Waals surface area contributed by atoms with Crippen LogP contribution < -0.4 is 10.6 Å². The summed E-state index contributed by atoms with van der Waals surface area (Å²) in [4.78, 5) is 19.8. The molecule has 1 fully saturated rings. The van der Waals surface area contributed by atoms with Crippen molar-refractivity contribution >= 4 is 11.7 Å². The number of carbonyl (C=O) groups excluding carboxylic acids is 1. The first-order valence-electron chi connectivity index (χ1n) is 5.77. The van der Waals surface area contributed by atoms with Crippen molar-refractivity contribution in [3.05, 3.63) is 18.1 Å². The van der Waals surface area contributed by atoms with Gasteiger partial charge in [-0.15, -0.1) is 0 Å². The van der Waals surface area contributed by atoms with Gasteiger partial charge in [0.05, 0.1) is 38.3 Å². The van der Waals surface area contributed by atoms with Crippen LogP contribution in [0.5, 0.6) is 0 Å². The van der Waals surface area contributed by atoms with Crippen LogP contribution in [0.1, 0.15) is 10.5 Å². The molecule has 1 amide bonds. The van der Waals surface area contributed by atoms with Crippen molar-refractivity contribution in [2.24, 2.45) is 0 Å². The molecule has 0 aliphatic carbocycles. The molecule has 0 aromatic carbocycles. The first kappa shape index (κ1) is 12.7. The Balaban J connectivity index is 1.82. The van der Waals surface area contributed by atoms with E-state index in [1.165, 1.54) is 12.4 Å². The van der Waals surface area contributed by atoms with E-state index < -0.39 is 0 Å². The van der Waals surface area contributed by atoms with Crippen molar-refractivity contribution in [1.29, 1.82) is 0 Å². The Morgan fingerprint density at radius 1 is 1.44 bits per heavy atom. The largest absolute Gasteiger partial charge is 0.376 e. The van der Waals surface area contributed by atoms with Crippen LogP contribution in [0.15, 0.2) is 12.4 Å². The van der Waals surface area contributed by atoms with Gasteiger partial charge in [0.2, 0.25) is 0 Å². The smallest absolute Gasteiger partial charge is 0.271 e. The molecule has 1 aromatic rings. The topological polar surface area (TPSA) is 85.4 Å². The maximum Gasteiger partial charge on any atom is 0.271 e. The van der Waals surface area contributed by atoms with E-state index in [9.17, 15) is 4.79 Å². The molecular weight excluding hydrogens is 236 g/mol. The molecular formula is C11H16N4O3. The van der Waals surface area contributed by atoms with Gasteiger partial charge in [-0.05, 0) is 0 Å². The molecule has 0 spiro atoms. The third-order valence-electron chi connectivity index (χ3n) is 2.52. The molecule has 1 atom stereocenters. The summed E-state index contributed by atoms with van der Waals surface area (Å²) in [5, 5.41) is 5.57. The minimum Gasteiger partial charge on any atom is -0.376 e. The second-order valence-electron chi connectivity index (χ2n) is 3.81. The predicted molar refractivity (Wildman–Crippen MR) is 64.5 cm³/mol. The minimum atomic E-state index is -0.265. The fourth-order valence-corrected chi connectivity index (χ4v) is 1.53. The van der Waals surface area contributed by atoms with Crippen LogP contribution in [-0.2, 0) is 9.47 Å². The lowest BCUT2D eigenvalue weighted by atomic mass is 10.3. The van der Waals surface area contributed by atoms with Crippen molar-refractivity contribution in [1.82, 2.24) is 15.3 Å².